The molecule has 144 valence electrons. The topological polar surface area (TPSA) is 69.7 Å². The van der Waals surface area contributed by atoms with Crippen molar-refractivity contribution >= 4 is 17.8 Å². The van der Waals surface area contributed by atoms with Gasteiger partial charge in [-0.2, -0.15) is 0 Å². The van der Waals surface area contributed by atoms with Crippen molar-refractivity contribution in [3.63, 3.8) is 0 Å². The summed E-state index contributed by atoms with van der Waals surface area (Å²) in [5.74, 6) is -0.565. The third-order valence-electron chi connectivity index (χ3n) is 5.67. The number of hydrogen-bond donors (Lipinski definition) is 1. The Labute approximate surface area is 164 Å². The van der Waals surface area contributed by atoms with Gasteiger partial charge in [0.25, 0.3) is 5.91 Å². The van der Waals surface area contributed by atoms with E-state index in [1.807, 2.05) is 61.5 Å². The molecule has 1 heterocycles. The Morgan fingerprint density at radius 2 is 1.82 bits per heavy atom. The Balaban J connectivity index is 1.51. The van der Waals surface area contributed by atoms with Gasteiger partial charge in [0.05, 0.1) is 0 Å². The molecule has 2 aliphatic rings. The number of carbonyl (C=O) groups excluding carboxylic acids is 3. The van der Waals surface area contributed by atoms with Crippen LogP contribution in [0.2, 0.25) is 0 Å². The lowest BCUT2D eigenvalue weighted by Crippen LogP contribution is -2.44. The van der Waals surface area contributed by atoms with E-state index in [4.69, 9.17) is 0 Å². The van der Waals surface area contributed by atoms with Crippen molar-refractivity contribution in [2.45, 2.75) is 31.8 Å². The first-order valence-electron chi connectivity index (χ1n) is 9.59. The SMILES string of the molecule is CCN(Cc1ccccc1)C(=O)CN1C(=O)N[C@]2(CCc3ccccc32)C1=O. The van der Waals surface area contributed by atoms with Crippen molar-refractivity contribution < 1.29 is 14.4 Å². The van der Waals surface area contributed by atoms with E-state index in [-0.39, 0.29) is 18.4 Å². The molecule has 0 saturated carbocycles. The summed E-state index contributed by atoms with van der Waals surface area (Å²) >= 11 is 0. The summed E-state index contributed by atoms with van der Waals surface area (Å²) in [4.78, 5) is 41.3. The molecule has 0 aromatic heterocycles. The van der Waals surface area contributed by atoms with Crippen molar-refractivity contribution in [3.05, 3.63) is 71.3 Å². The van der Waals surface area contributed by atoms with E-state index >= 15 is 0 Å². The molecule has 4 amide bonds. The maximum Gasteiger partial charge on any atom is 0.325 e. The van der Waals surface area contributed by atoms with Crippen LogP contribution in [0.1, 0.15) is 30.0 Å². The Hall–Kier alpha value is -3.15. The third-order valence-corrected chi connectivity index (χ3v) is 5.67. The van der Waals surface area contributed by atoms with Gasteiger partial charge >= 0.3 is 6.03 Å². The van der Waals surface area contributed by atoms with Gasteiger partial charge in [-0.3, -0.25) is 14.5 Å². The van der Waals surface area contributed by atoms with Crippen molar-refractivity contribution in [3.8, 4) is 0 Å². The van der Waals surface area contributed by atoms with Crippen LogP contribution < -0.4 is 5.32 Å². The van der Waals surface area contributed by atoms with Gasteiger partial charge in [-0.15, -0.1) is 0 Å². The van der Waals surface area contributed by atoms with Gasteiger partial charge in [-0.05, 0) is 36.5 Å². The van der Waals surface area contributed by atoms with Gasteiger partial charge in [-0.1, -0.05) is 54.6 Å². The summed E-state index contributed by atoms with van der Waals surface area (Å²) in [5, 5.41) is 2.86. The average Bonchev–Trinajstić information content (AvgIpc) is 3.20. The zero-order valence-electron chi connectivity index (χ0n) is 15.9. The normalized spacial score (nSPS) is 20.4. The third kappa shape index (κ3) is 2.95. The Bertz CT molecular complexity index is 928. The van der Waals surface area contributed by atoms with Gasteiger partial charge in [0.1, 0.15) is 12.1 Å². The number of nitrogens with one attached hydrogen (secondary N) is 1. The molecule has 1 saturated heterocycles. The van der Waals surface area contributed by atoms with Crippen LogP contribution in [0.3, 0.4) is 0 Å². The first-order chi connectivity index (χ1) is 13.5. The number of nitrogens with zero attached hydrogens (tertiary/aromatic N) is 2. The maximum atomic E-state index is 13.2. The Morgan fingerprint density at radius 1 is 1.11 bits per heavy atom. The van der Waals surface area contributed by atoms with Gasteiger partial charge in [0, 0.05) is 13.1 Å². The molecule has 2 aromatic rings. The van der Waals surface area contributed by atoms with E-state index in [2.05, 4.69) is 5.32 Å². The van der Waals surface area contributed by atoms with E-state index in [0.717, 1.165) is 28.0 Å². The zero-order valence-corrected chi connectivity index (χ0v) is 15.9. The van der Waals surface area contributed by atoms with E-state index in [9.17, 15) is 14.4 Å². The lowest BCUT2D eigenvalue weighted by Gasteiger charge is -2.24. The molecule has 0 unspecified atom stereocenters. The minimum absolute atomic E-state index is 0.238. The van der Waals surface area contributed by atoms with Gasteiger partial charge in [0.2, 0.25) is 5.91 Å². The highest BCUT2D eigenvalue weighted by Gasteiger charge is 2.55. The van der Waals surface area contributed by atoms with Crippen LogP contribution in [-0.2, 0) is 28.1 Å². The van der Waals surface area contributed by atoms with Crippen LogP contribution in [0.4, 0.5) is 4.79 Å². The molecule has 6 heteroatoms. The second-order valence-electron chi connectivity index (χ2n) is 7.28. The molecule has 1 spiro atoms. The lowest BCUT2D eigenvalue weighted by molar-refractivity contribution is -0.139. The summed E-state index contributed by atoms with van der Waals surface area (Å²) in [5.41, 5.74) is 1.91. The lowest BCUT2D eigenvalue weighted by atomic mass is 9.92. The van der Waals surface area contributed by atoms with Crippen LogP contribution in [0.5, 0.6) is 0 Å². The molecule has 1 fully saturated rings. The molecule has 2 aromatic carbocycles. The van der Waals surface area contributed by atoms with E-state index in [1.54, 1.807) is 4.90 Å². The second-order valence-corrected chi connectivity index (χ2v) is 7.28. The van der Waals surface area contributed by atoms with Gasteiger partial charge in [-0.25, -0.2) is 4.79 Å². The number of benzene rings is 2. The van der Waals surface area contributed by atoms with Crippen molar-refractivity contribution in [1.82, 2.24) is 15.1 Å². The predicted molar refractivity (Wildman–Crippen MR) is 104 cm³/mol. The Kier molecular flexibility index (Phi) is 4.63. The standard InChI is InChI=1S/C22H23N3O3/c1-2-24(14-16-8-4-3-5-9-16)19(26)15-25-20(27)22(23-21(25)28)13-12-17-10-6-7-11-18(17)22/h3-11H,2,12-15H2,1H3,(H,23,28)/t22-/m0/s1. The van der Waals surface area contributed by atoms with Crippen LogP contribution >= 0.6 is 0 Å². The number of fused-ring (bicyclic) bond motifs is 2. The number of aryl methyl sites for hydroxylation is 1. The van der Waals surface area contributed by atoms with Crippen LogP contribution in [0.25, 0.3) is 0 Å². The number of urea groups is 1. The first-order valence-corrected chi connectivity index (χ1v) is 9.59. The van der Waals surface area contributed by atoms with Crippen molar-refractivity contribution in [2.75, 3.05) is 13.1 Å². The number of likely N-dealkylation sites (N-methyl/N-ethyl adjacent to an activating group) is 1. The number of hydrogen-bond acceptors (Lipinski definition) is 3. The van der Waals surface area contributed by atoms with Crippen molar-refractivity contribution in [2.24, 2.45) is 0 Å². The minimum Gasteiger partial charge on any atom is -0.337 e. The maximum absolute atomic E-state index is 13.2. The van der Waals surface area contributed by atoms with E-state index in [1.165, 1.54) is 0 Å². The van der Waals surface area contributed by atoms with Gasteiger partial charge in [0.15, 0.2) is 0 Å². The fourth-order valence-electron chi connectivity index (χ4n) is 4.15. The highest BCUT2D eigenvalue weighted by atomic mass is 16.2. The molecule has 1 atom stereocenters. The molecule has 0 radical (unpaired) electrons. The fraction of sp³-hybridized carbons (Fsp3) is 0.318. The molecule has 4 rings (SSSR count). The largest absolute Gasteiger partial charge is 0.337 e. The smallest absolute Gasteiger partial charge is 0.325 e. The molecule has 0 bridgehead atoms. The summed E-state index contributed by atoms with van der Waals surface area (Å²) < 4.78 is 0. The highest BCUT2D eigenvalue weighted by Crippen LogP contribution is 2.41. The van der Waals surface area contributed by atoms with Crippen LogP contribution in [0, 0.1) is 0 Å². The molecule has 1 N–H and O–H groups in total. The summed E-state index contributed by atoms with van der Waals surface area (Å²) in [6.45, 7) is 2.61. The first kappa shape index (κ1) is 18.2. The number of rotatable bonds is 5. The molecular weight excluding hydrogens is 354 g/mol. The Morgan fingerprint density at radius 3 is 2.57 bits per heavy atom. The molecular formula is C22H23N3O3. The molecule has 6 nitrogen and oxygen atoms in total. The van der Waals surface area contributed by atoms with Crippen LogP contribution in [0.15, 0.2) is 54.6 Å². The number of imide groups is 1. The summed E-state index contributed by atoms with van der Waals surface area (Å²) in [7, 11) is 0. The summed E-state index contributed by atoms with van der Waals surface area (Å²) in [6, 6.07) is 16.9. The zero-order chi connectivity index (χ0) is 19.7. The monoisotopic (exact) mass is 377 g/mol. The quantitative estimate of drug-likeness (QED) is 0.814. The van der Waals surface area contributed by atoms with Crippen molar-refractivity contribution in [1.29, 1.82) is 0 Å². The molecule has 1 aliphatic carbocycles. The average molecular weight is 377 g/mol. The predicted octanol–water partition coefficient (Wildman–Crippen LogP) is 2.43. The molecule has 1 aliphatic heterocycles. The fourth-order valence-corrected chi connectivity index (χ4v) is 4.15. The second kappa shape index (κ2) is 7.11. The van der Waals surface area contributed by atoms with E-state index < -0.39 is 11.6 Å². The van der Waals surface area contributed by atoms with E-state index in [0.29, 0.717) is 19.5 Å². The molecule has 28 heavy (non-hydrogen) atoms. The highest BCUT2D eigenvalue weighted by molar-refractivity contribution is 6.09. The van der Waals surface area contributed by atoms with Crippen LogP contribution in [-0.4, -0.2) is 40.7 Å². The minimum atomic E-state index is -1.02. The van der Waals surface area contributed by atoms with Gasteiger partial charge < -0.3 is 10.2 Å². The number of amides is 4. The number of carbonyl (C=O) groups is 3. The summed E-state index contributed by atoms with van der Waals surface area (Å²) in [6.07, 6.45) is 1.27.